The van der Waals surface area contributed by atoms with Crippen molar-refractivity contribution in [2.24, 2.45) is 5.92 Å². The summed E-state index contributed by atoms with van der Waals surface area (Å²) in [5.41, 5.74) is 2.04. The molecule has 0 atom stereocenters. The number of amides is 1. The Kier molecular flexibility index (Phi) is 3.36. The highest BCUT2D eigenvalue weighted by Crippen LogP contribution is 2.21. The smallest absolute Gasteiger partial charge is 0.358 e. The number of rotatable bonds is 2. The van der Waals surface area contributed by atoms with Gasteiger partial charge in [0.15, 0.2) is 5.69 Å². The second-order valence-electron chi connectivity index (χ2n) is 4.69. The zero-order valence-electron chi connectivity index (χ0n) is 10.8. The van der Waals surface area contributed by atoms with Crippen LogP contribution in [0.1, 0.15) is 35.6 Å². The van der Waals surface area contributed by atoms with Crippen LogP contribution in [0.5, 0.6) is 0 Å². The first-order valence-electron chi connectivity index (χ1n) is 5.97. The highest BCUT2D eigenvalue weighted by Gasteiger charge is 2.28. The van der Waals surface area contributed by atoms with Crippen molar-refractivity contribution < 1.29 is 14.3 Å². The predicted octanol–water partition coefficient (Wildman–Crippen LogP) is 0.737. The van der Waals surface area contributed by atoms with Crippen LogP contribution in [0.25, 0.3) is 0 Å². The van der Waals surface area contributed by atoms with Gasteiger partial charge in [0.1, 0.15) is 0 Å². The van der Waals surface area contributed by atoms with E-state index in [4.69, 9.17) is 0 Å². The Balaban J connectivity index is 2.19. The third-order valence-corrected chi connectivity index (χ3v) is 3.12. The van der Waals surface area contributed by atoms with Gasteiger partial charge >= 0.3 is 5.97 Å². The molecule has 0 radical (unpaired) electrons. The number of nitrogens with one attached hydrogen (secondary N) is 1. The molecule has 2 heterocycles. The molecule has 1 amide bonds. The molecule has 98 valence electrons. The summed E-state index contributed by atoms with van der Waals surface area (Å²) in [6.45, 7) is 4.86. The van der Waals surface area contributed by atoms with Gasteiger partial charge in [-0.25, -0.2) is 4.79 Å². The van der Waals surface area contributed by atoms with E-state index in [1.807, 2.05) is 13.8 Å². The molecule has 1 aliphatic rings. The van der Waals surface area contributed by atoms with Crippen LogP contribution in [0, 0.1) is 5.92 Å². The lowest BCUT2D eigenvalue weighted by molar-refractivity contribution is -0.135. The van der Waals surface area contributed by atoms with E-state index in [9.17, 15) is 9.59 Å². The van der Waals surface area contributed by atoms with Gasteiger partial charge in [-0.3, -0.25) is 9.89 Å². The van der Waals surface area contributed by atoms with Crippen molar-refractivity contribution in [1.29, 1.82) is 0 Å². The molecule has 0 saturated carbocycles. The van der Waals surface area contributed by atoms with Crippen LogP contribution < -0.4 is 0 Å². The van der Waals surface area contributed by atoms with E-state index in [0.717, 1.165) is 11.3 Å². The van der Waals surface area contributed by atoms with Gasteiger partial charge in [-0.15, -0.1) is 0 Å². The van der Waals surface area contributed by atoms with E-state index in [2.05, 4.69) is 14.9 Å². The van der Waals surface area contributed by atoms with Gasteiger partial charge in [-0.2, -0.15) is 5.10 Å². The second kappa shape index (κ2) is 4.80. The molecule has 18 heavy (non-hydrogen) atoms. The summed E-state index contributed by atoms with van der Waals surface area (Å²) in [5.74, 6) is -0.333. The highest BCUT2D eigenvalue weighted by atomic mass is 16.5. The standard InChI is InChI=1S/C12H17N3O3/c1-7(2)11(16)15-5-4-8-9(6-15)13-14-10(8)12(17)18-3/h7H,4-6H2,1-3H3,(H,13,14). The number of hydrogen-bond donors (Lipinski definition) is 1. The minimum atomic E-state index is -0.434. The summed E-state index contributed by atoms with van der Waals surface area (Å²) >= 11 is 0. The largest absolute Gasteiger partial charge is 0.464 e. The number of esters is 1. The van der Waals surface area contributed by atoms with Gasteiger partial charge in [0, 0.05) is 18.0 Å². The van der Waals surface area contributed by atoms with Crippen molar-refractivity contribution in [2.45, 2.75) is 26.8 Å². The van der Waals surface area contributed by atoms with Gasteiger partial charge in [-0.1, -0.05) is 13.8 Å². The fourth-order valence-corrected chi connectivity index (χ4v) is 2.14. The molecular weight excluding hydrogens is 234 g/mol. The lowest BCUT2D eigenvalue weighted by atomic mass is 10.0. The summed E-state index contributed by atoms with van der Waals surface area (Å²) in [4.78, 5) is 25.2. The van der Waals surface area contributed by atoms with Crippen molar-refractivity contribution in [2.75, 3.05) is 13.7 Å². The molecule has 0 spiro atoms. The Morgan fingerprint density at radius 2 is 2.17 bits per heavy atom. The number of H-pyrrole nitrogens is 1. The van der Waals surface area contributed by atoms with Crippen molar-refractivity contribution in [3.8, 4) is 0 Å². The van der Waals surface area contributed by atoms with Crippen LogP contribution in [0.2, 0.25) is 0 Å². The van der Waals surface area contributed by atoms with E-state index in [-0.39, 0.29) is 11.8 Å². The lowest BCUT2D eigenvalue weighted by Crippen LogP contribution is -2.38. The third-order valence-electron chi connectivity index (χ3n) is 3.12. The molecule has 0 aromatic carbocycles. The maximum absolute atomic E-state index is 11.9. The minimum absolute atomic E-state index is 0.0189. The summed E-state index contributed by atoms with van der Waals surface area (Å²) < 4.78 is 4.67. The quantitative estimate of drug-likeness (QED) is 0.786. The van der Waals surface area contributed by atoms with Gasteiger partial charge in [0.05, 0.1) is 19.3 Å². The van der Waals surface area contributed by atoms with Crippen molar-refractivity contribution in [1.82, 2.24) is 15.1 Å². The Morgan fingerprint density at radius 1 is 1.44 bits per heavy atom. The summed E-state index contributed by atoms with van der Waals surface area (Å²) in [5, 5.41) is 6.79. The molecule has 0 bridgehead atoms. The van der Waals surface area contributed by atoms with Gasteiger partial charge in [-0.05, 0) is 6.42 Å². The molecule has 1 aromatic rings. The number of aromatic amines is 1. The monoisotopic (exact) mass is 251 g/mol. The molecule has 0 unspecified atom stereocenters. The second-order valence-corrected chi connectivity index (χ2v) is 4.69. The summed E-state index contributed by atoms with van der Waals surface area (Å²) in [6.07, 6.45) is 0.634. The molecule has 1 N–H and O–H groups in total. The van der Waals surface area contributed by atoms with Crippen molar-refractivity contribution in [3.63, 3.8) is 0 Å². The van der Waals surface area contributed by atoms with Gasteiger partial charge in [0.2, 0.25) is 5.91 Å². The Morgan fingerprint density at radius 3 is 2.78 bits per heavy atom. The number of nitrogens with zero attached hydrogens (tertiary/aromatic N) is 2. The van der Waals surface area contributed by atoms with E-state index >= 15 is 0 Å². The van der Waals surface area contributed by atoms with Crippen LogP contribution >= 0.6 is 0 Å². The number of carbonyl (C=O) groups excluding carboxylic acids is 2. The van der Waals surface area contributed by atoms with Crippen LogP contribution in [0.15, 0.2) is 0 Å². The molecular formula is C12H17N3O3. The first-order valence-corrected chi connectivity index (χ1v) is 5.97. The zero-order chi connectivity index (χ0) is 13.3. The number of ether oxygens (including phenoxy) is 1. The number of fused-ring (bicyclic) bond motifs is 1. The van der Waals surface area contributed by atoms with Crippen LogP contribution in [-0.2, 0) is 22.5 Å². The third kappa shape index (κ3) is 2.10. The van der Waals surface area contributed by atoms with Crippen LogP contribution in [-0.4, -0.2) is 40.6 Å². The molecule has 1 aliphatic heterocycles. The Labute approximate surface area is 105 Å². The molecule has 6 nitrogen and oxygen atoms in total. The predicted molar refractivity (Wildman–Crippen MR) is 63.9 cm³/mol. The van der Waals surface area contributed by atoms with Crippen LogP contribution in [0.3, 0.4) is 0 Å². The average Bonchev–Trinajstić information content (AvgIpc) is 2.79. The number of aromatic nitrogens is 2. The van der Waals surface area contributed by atoms with Gasteiger partial charge < -0.3 is 9.64 Å². The fourth-order valence-electron chi connectivity index (χ4n) is 2.14. The molecule has 0 fully saturated rings. The van der Waals surface area contributed by atoms with Crippen molar-refractivity contribution >= 4 is 11.9 Å². The summed E-state index contributed by atoms with van der Waals surface area (Å²) in [7, 11) is 1.33. The first-order chi connectivity index (χ1) is 8.54. The highest BCUT2D eigenvalue weighted by molar-refractivity contribution is 5.89. The van der Waals surface area contributed by atoms with E-state index in [1.54, 1.807) is 4.90 Å². The number of hydrogen-bond acceptors (Lipinski definition) is 4. The van der Waals surface area contributed by atoms with Gasteiger partial charge in [0.25, 0.3) is 0 Å². The van der Waals surface area contributed by atoms with E-state index in [1.165, 1.54) is 7.11 Å². The maximum Gasteiger partial charge on any atom is 0.358 e. The fraction of sp³-hybridized carbons (Fsp3) is 0.583. The van der Waals surface area contributed by atoms with E-state index in [0.29, 0.717) is 25.2 Å². The Bertz CT molecular complexity index is 479. The molecule has 2 rings (SSSR count). The summed E-state index contributed by atoms with van der Waals surface area (Å²) in [6, 6.07) is 0. The first kappa shape index (κ1) is 12.6. The maximum atomic E-state index is 11.9. The number of carbonyl (C=O) groups is 2. The topological polar surface area (TPSA) is 75.3 Å². The number of methoxy groups -OCH3 is 1. The average molecular weight is 251 g/mol. The van der Waals surface area contributed by atoms with E-state index < -0.39 is 5.97 Å². The Hall–Kier alpha value is -1.85. The lowest BCUT2D eigenvalue weighted by Gasteiger charge is -2.28. The van der Waals surface area contributed by atoms with Crippen LogP contribution in [0.4, 0.5) is 0 Å². The molecule has 1 aromatic heterocycles. The normalized spacial score (nSPS) is 14.6. The molecule has 0 aliphatic carbocycles. The molecule has 0 saturated heterocycles. The zero-order valence-corrected chi connectivity index (χ0v) is 10.8. The SMILES string of the molecule is COC(=O)c1n[nH]c2c1CCN(C(=O)C(C)C)C2. The van der Waals surface area contributed by atoms with Crippen molar-refractivity contribution in [3.05, 3.63) is 17.0 Å². The molecule has 6 heteroatoms. The minimum Gasteiger partial charge on any atom is -0.464 e.